The van der Waals surface area contributed by atoms with E-state index >= 15 is 0 Å². The van der Waals surface area contributed by atoms with Gasteiger partial charge in [0.15, 0.2) is 0 Å². The molecule has 1 heterocycles. The molecule has 0 amide bonds. The molecule has 2 heteroatoms. The Kier molecular flexibility index (Phi) is 16.0. The summed E-state index contributed by atoms with van der Waals surface area (Å²) >= 11 is 0. The van der Waals surface area contributed by atoms with Crippen LogP contribution >= 0.6 is 0 Å². The monoisotopic (exact) mass is 364 g/mol. The molecule has 0 saturated heterocycles. The van der Waals surface area contributed by atoms with Gasteiger partial charge in [-0.2, -0.15) is 0 Å². The minimum atomic E-state index is 1.13. The van der Waals surface area contributed by atoms with Gasteiger partial charge in [0.25, 0.3) is 0 Å². The van der Waals surface area contributed by atoms with Gasteiger partial charge in [0, 0.05) is 25.5 Å². The van der Waals surface area contributed by atoms with Gasteiger partial charge in [-0.3, -0.25) is 0 Å². The van der Waals surface area contributed by atoms with Gasteiger partial charge in [0.1, 0.15) is 0 Å². The Bertz CT molecular complexity index is 313. The van der Waals surface area contributed by atoms with Crippen molar-refractivity contribution in [3.63, 3.8) is 0 Å². The Hall–Kier alpha value is -0.660. The molecule has 0 aromatic carbocycles. The zero-order valence-corrected chi connectivity index (χ0v) is 18.2. The van der Waals surface area contributed by atoms with Gasteiger partial charge >= 0.3 is 0 Å². The molecule has 1 aliphatic rings. The lowest BCUT2D eigenvalue weighted by Gasteiger charge is -2.21. The topological polar surface area (TPSA) is 6.48 Å². The molecule has 26 heavy (non-hydrogen) atoms. The fraction of sp³-hybridized carbons (Fsp3) is 0.917. The molecule has 0 saturated carbocycles. The van der Waals surface area contributed by atoms with Gasteiger partial charge in [-0.15, -0.1) is 0 Å². The Balaban J connectivity index is 1.76. The van der Waals surface area contributed by atoms with Crippen molar-refractivity contribution < 1.29 is 0 Å². The molecular formula is C24H48N2. The van der Waals surface area contributed by atoms with E-state index in [-0.39, 0.29) is 0 Å². The highest BCUT2D eigenvalue weighted by atomic mass is 15.3. The lowest BCUT2D eigenvalue weighted by Crippen LogP contribution is -2.26. The summed E-state index contributed by atoms with van der Waals surface area (Å²) in [6, 6.07) is 0. The zero-order valence-electron chi connectivity index (χ0n) is 18.2. The molecule has 0 aromatic rings. The van der Waals surface area contributed by atoms with Crippen LogP contribution in [0, 0.1) is 0 Å². The number of hydrogen-bond donors (Lipinski definition) is 0. The Labute approximate surface area is 165 Å². The van der Waals surface area contributed by atoms with Crippen molar-refractivity contribution in [2.24, 2.45) is 0 Å². The second-order valence-electron chi connectivity index (χ2n) is 8.37. The quantitative estimate of drug-likeness (QED) is 0.217. The first-order valence-electron chi connectivity index (χ1n) is 12.0. The number of hydrogen-bond acceptors (Lipinski definition) is 2. The summed E-state index contributed by atoms with van der Waals surface area (Å²) in [7, 11) is 0. The molecule has 0 radical (unpaired) electrons. The van der Waals surface area contributed by atoms with E-state index < -0.39 is 0 Å². The number of nitrogens with zero attached hydrogens (tertiary/aromatic N) is 2. The van der Waals surface area contributed by atoms with E-state index in [1.54, 1.807) is 0 Å². The van der Waals surface area contributed by atoms with Crippen molar-refractivity contribution in [2.45, 2.75) is 123 Å². The lowest BCUT2D eigenvalue weighted by atomic mass is 10.0. The molecule has 154 valence electrons. The summed E-state index contributed by atoms with van der Waals surface area (Å²) < 4.78 is 0. The highest BCUT2D eigenvalue weighted by Crippen LogP contribution is 2.14. The maximum atomic E-state index is 2.49. The van der Waals surface area contributed by atoms with Gasteiger partial charge in [0.2, 0.25) is 0 Å². The molecule has 0 atom stereocenters. The molecule has 0 spiro atoms. The third-order valence-corrected chi connectivity index (χ3v) is 5.70. The van der Waals surface area contributed by atoms with Crippen LogP contribution in [0.3, 0.4) is 0 Å². The second-order valence-corrected chi connectivity index (χ2v) is 8.37. The van der Waals surface area contributed by atoms with Crippen LogP contribution in [0.25, 0.3) is 0 Å². The first-order chi connectivity index (χ1) is 12.9. The summed E-state index contributed by atoms with van der Waals surface area (Å²) in [4.78, 5) is 4.96. The SMILES string of the molecule is CCCCCCCCCCCCCCCCN1C=CN(CCCCC)C1. The van der Waals surface area contributed by atoms with E-state index in [1.165, 1.54) is 122 Å². The number of unbranched alkanes of at least 4 members (excludes halogenated alkanes) is 15. The maximum absolute atomic E-state index is 2.49. The molecule has 0 fully saturated rings. The van der Waals surface area contributed by atoms with Crippen molar-refractivity contribution in [3.8, 4) is 0 Å². The molecule has 1 rings (SSSR count). The van der Waals surface area contributed by atoms with Gasteiger partial charge in [-0.05, 0) is 12.8 Å². The van der Waals surface area contributed by atoms with Crippen LogP contribution in [-0.4, -0.2) is 29.6 Å². The number of rotatable bonds is 19. The van der Waals surface area contributed by atoms with Crippen molar-refractivity contribution in [1.29, 1.82) is 0 Å². The third kappa shape index (κ3) is 13.5. The Morgan fingerprint density at radius 1 is 0.462 bits per heavy atom. The summed E-state index contributed by atoms with van der Waals surface area (Å²) in [5, 5.41) is 0. The average Bonchev–Trinajstić information content (AvgIpc) is 3.10. The standard InChI is InChI=1S/C24H48N2/c1-3-5-7-8-9-10-11-12-13-14-15-16-17-19-21-26-23-22-25(24-26)20-18-6-4-2/h22-23H,3-21,24H2,1-2H3. The lowest BCUT2D eigenvalue weighted by molar-refractivity contribution is 0.257. The maximum Gasteiger partial charge on any atom is 0.0893 e. The Morgan fingerprint density at radius 2 is 0.769 bits per heavy atom. The third-order valence-electron chi connectivity index (χ3n) is 5.70. The highest BCUT2D eigenvalue weighted by Gasteiger charge is 2.10. The van der Waals surface area contributed by atoms with E-state index in [9.17, 15) is 0 Å². The fourth-order valence-corrected chi connectivity index (χ4v) is 3.88. The van der Waals surface area contributed by atoms with Crippen LogP contribution in [-0.2, 0) is 0 Å². The zero-order chi connectivity index (χ0) is 18.7. The van der Waals surface area contributed by atoms with Crippen molar-refractivity contribution in [2.75, 3.05) is 19.8 Å². The van der Waals surface area contributed by atoms with Gasteiger partial charge < -0.3 is 9.80 Å². The summed E-state index contributed by atoms with van der Waals surface area (Å²) in [6.45, 7) is 8.19. The minimum Gasteiger partial charge on any atom is -0.359 e. The van der Waals surface area contributed by atoms with Crippen LogP contribution in [0.1, 0.15) is 123 Å². The summed E-state index contributed by atoms with van der Waals surface area (Å²) in [5.74, 6) is 0. The predicted octanol–water partition coefficient (Wildman–Crippen LogP) is 7.70. The smallest absolute Gasteiger partial charge is 0.0893 e. The van der Waals surface area contributed by atoms with Crippen LogP contribution < -0.4 is 0 Å². The average molecular weight is 365 g/mol. The largest absolute Gasteiger partial charge is 0.359 e. The molecular weight excluding hydrogens is 316 g/mol. The van der Waals surface area contributed by atoms with E-state index in [2.05, 4.69) is 36.0 Å². The minimum absolute atomic E-state index is 1.13. The van der Waals surface area contributed by atoms with Gasteiger partial charge in [-0.25, -0.2) is 0 Å². The van der Waals surface area contributed by atoms with Crippen molar-refractivity contribution in [1.82, 2.24) is 9.80 Å². The highest BCUT2D eigenvalue weighted by molar-refractivity contribution is 4.90. The molecule has 0 N–H and O–H groups in total. The van der Waals surface area contributed by atoms with Crippen molar-refractivity contribution in [3.05, 3.63) is 12.4 Å². The summed E-state index contributed by atoms with van der Waals surface area (Å²) in [5.41, 5.74) is 0. The van der Waals surface area contributed by atoms with Crippen LogP contribution in [0.15, 0.2) is 12.4 Å². The van der Waals surface area contributed by atoms with Gasteiger partial charge in [0.05, 0.1) is 6.67 Å². The van der Waals surface area contributed by atoms with E-state index in [4.69, 9.17) is 0 Å². The van der Waals surface area contributed by atoms with E-state index in [0.29, 0.717) is 0 Å². The molecule has 2 nitrogen and oxygen atoms in total. The Morgan fingerprint density at radius 3 is 1.19 bits per heavy atom. The predicted molar refractivity (Wildman–Crippen MR) is 117 cm³/mol. The summed E-state index contributed by atoms with van der Waals surface area (Å²) in [6.07, 6.45) is 28.8. The molecule has 0 unspecified atom stereocenters. The molecule has 1 aliphatic heterocycles. The van der Waals surface area contributed by atoms with Crippen LogP contribution in [0.2, 0.25) is 0 Å². The van der Waals surface area contributed by atoms with Crippen LogP contribution in [0.5, 0.6) is 0 Å². The first-order valence-corrected chi connectivity index (χ1v) is 12.0. The molecule has 0 bridgehead atoms. The second kappa shape index (κ2) is 17.7. The van der Waals surface area contributed by atoms with Gasteiger partial charge in [-0.1, -0.05) is 110 Å². The fourth-order valence-electron chi connectivity index (χ4n) is 3.88. The molecule has 0 aromatic heterocycles. The van der Waals surface area contributed by atoms with E-state index in [0.717, 1.165) is 6.67 Å². The van der Waals surface area contributed by atoms with Crippen LogP contribution in [0.4, 0.5) is 0 Å². The first kappa shape index (κ1) is 23.4. The van der Waals surface area contributed by atoms with E-state index in [1.807, 2.05) is 0 Å². The molecule has 0 aliphatic carbocycles. The van der Waals surface area contributed by atoms with Crippen molar-refractivity contribution >= 4 is 0 Å². The normalized spacial score (nSPS) is 13.9.